The van der Waals surface area contributed by atoms with Crippen LogP contribution in [0.4, 0.5) is 10.2 Å². The largest absolute Gasteiger partial charge is 0.383 e. The Labute approximate surface area is 94.3 Å². The molecule has 1 aromatic heterocycles. The summed E-state index contributed by atoms with van der Waals surface area (Å²) >= 11 is 0. The van der Waals surface area contributed by atoms with Gasteiger partial charge in [-0.15, -0.1) is 0 Å². The van der Waals surface area contributed by atoms with Crippen molar-refractivity contribution in [2.75, 3.05) is 5.73 Å². The highest BCUT2D eigenvalue weighted by atomic mass is 19.1. The number of nitrogens with zero attached hydrogens (tertiary/aromatic N) is 1. The predicted molar refractivity (Wildman–Crippen MR) is 64.8 cm³/mol. The SMILES string of the molecule is CC(C)(C)c1cc2ccc(F)cc2nc1N. The quantitative estimate of drug-likeness (QED) is 0.737. The second kappa shape index (κ2) is 3.44. The van der Waals surface area contributed by atoms with E-state index < -0.39 is 0 Å². The third-order valence-corrected chi connectivity index (χ3v) is 2.62. The Morgan fingerprint density at radius 2 is 1.88 bits per heavy atom. The van der Waals surface area contributed by atoms with Crippen molar-refractivity contribution < 1.29 is 4.39 Å². The number of pyridine rings is 1. The van der Waals surface area contributed by atoms with E-state index in [0.29, 0.717) is 11.3 Å². The van der Waals surface area contributed by atoms with Gasteiger partial charge in [-0.2, -0.15) is 0 Å². The van der Waals surface area contributed by atoms with Crippen LogP contribution in [0.2, 0.25) is 0 Å². The average molecular weight is 218 g/mol. The lowest BCUT2D eigenvalue weighted by Crippen LogP contribution is -2.15. The van der Waals surface area contributed by atoms with Crippen LogP contribution < -0.4 is 5.73 Å². The Morgan fingerprint density at radius 3 is 2.50 bits per heavy atom. The summed E-state index contributed by atoms with van der Waals surface area (Å²) < 4.78 is 13.0. The summed E-state index contributed by atoms with van der Waals surface area (Å²) in [6, 6.07) is 6.55. The van der Waals surface area contributed by atoms with Crippen molar-refractivity contribution in [2.45, 2.75) is 26.2 Å². The van der Waals surface area contributed by atoms with E-state index >= 15 is 0 Å². The van der Waals surface area contributed by atoms with Crippen molar-refractivity contribution in [2.24, 2.45) is 0 Å². The van der Waals surface area contributed by atoms with E-state index in [1.165, 1.54) is 12.1 Å². The first-order chi connectivity index (χ1) is 7.38. The molecule has 3 heteroatoms. The summed E-state index contributed by atoms with van der Waals surface area (Å²) in [5.74, 6) is 0.188. The zero-order chi connectivity index (χ0) is 11.9. The summed E-state index contributed by atoms with van der Waals surface area (Å²) in [5.41, 5.74) is 7.43. The summed E-state index contributed by atoms with van der Waals surface area (Å²) in [5, 5.41) is 0.917. The van der Waals surface area contributed by atoms with Gasteiger partial charge in [-0.1, -0.05) is 20.8 Å². The van der Waals surface area contributed by atoms with Crippen molar-refractivity contribution in [3.63, 3.8) is 0 Å². The topological polar surface area (TPSA) is 38.9 Å². The molecule has 1 heterocycles. The summed E-state index contributed by atoms with van der Waals surface area (Å²) in [6.45, 7) is 6.24. The Balaban J connectivity index is 2.72. The van der Waals surface area contributed by atoms with Crippen molar-refractivity contribution in [1.29, 1.82) is 0 Å². The van der Waals surface area contributed by atoms with E-state index in [9.17, 15) is 4.39 Å². The molecule has 2 nitrogen and oxygen atoms in total. The zero-order valence-electron chi connectivity index (χ0n) is 9.71. The number of aromatic nitrogens is 1. The fourth-order valence-electron chi connectivity index (χ4n) is 1.76. The molecule has 0 aliphatic rings. The number of halogens is 1. The van der Waals surface area contributed by atoms with E-state index in [2.05, 4.69) is 25.8 Å². The average Bonchev–Trinajstić information content (AvgIpc) is 2.14. The van der Waals surface area contributed by atoms with Crippen molar-refractivity contribution in [1.82, 2.24) is 4.98 Å². The van der Waals surface area contributed by atoms with Gasteiger partial charge in [0.2, 0.25) is 0 Å². The lowest BCUT2D eigenvalue weighted by Gasteiger charge is -2.21. The van der Waals surface area contributed by atoms with Crippen LogP contribution in [0.15, 0.2) is 24.3 Å². The maximum Gasteiger partial charge on any atom is 0.127 e. The van der Waals surface area contributed by atoms with E-state index in [1.54, 1.807) is 6.07 Å². The van der Waals surface area contributed by atoms with Crippen LogP contribution in [-0.2, 0) is 5.41 Å². The van der Waals surface area contributed by atoms with Crippen LogP contribution >= 0.6 is 0 Å². The lowest BCUT2D eigenvalue weighted by molar-refractivity contribution is 0.591. The molecule has 0 amide bonds. The zero-order valence-corrected chi connectivity index (χ0v) is 9.71. The molecule has 0 bridgehead atoms. The first-order valence-electron chi connectivity index (χ1n) is 5.24. The van der Waals surface area contributed by atoms with Crippen LogP contribution in [0.25, 0.3) is 10.9 Å². The van der Waals surface area contributed by atoms with Crippen molar-refractivity contribution >= 4 is 16.7 Å². The highest BCUT2D eigenvalue weighted by Gasteiger charge is 2.18. The minimum atomic E-state index is -0.289. The van der Waals surface area contributed by atoms with Gasteiger partial charge in [0.1, 0.15) is 11.6 Å². The number of rotatable bonds is 0. The Kier molecular flexibility index (Phi) is 2.34. The first-order valence-corrected chi connectivity index (χ1v) is 5.24. The Morgan fingerprint density at radius 1 is 1.19 bits per heavy atom. The molecule has 1 aromatic carbocycles. The van der Waals surface area contributed by atoms with Crippen LogP contribution in [0.3, 0.4) is 0 Å². The minimum absolute atomic E-state index is 0.0559. The van der Waals surface area contributed by atoms with E-state index in [0.717, 1.165) is 10.9 Å². The maximum atomic E-state index is 13.0. The fraction of sp³-hybridized carbons (Fsp3) is 0.308. The fourth-order valence-corrected chi connectivity index (χ4v) is 1.76. The molecule has 0 aliphatic heterocycles. The Bertz CT molecular complexity index is 541. The van der Waals surface area contributed by atoms with Gasteiger partial charge in [0.15, 0.2) is 0 Å². The number of hydrogen-bond acceptors (Lipinski definition) is 2. The molecule has 16 heavy (non-hydrogen) atoms. The van der Waals surface area contributed by atoms with Crippen LogP contribution in [0.1, 0.15) is 26.3 Å². The second-order valence-electron chi connectivity index (χ2n) is 5.01. The lowest BCUT2D eigenvalue weighted by atomic mass is 9.86. The number of anilines is 1. The Hall–Kier alpha value is -1.64. The van der Waals surface area contributed by atoms with E-state index in [1.807, 2.05) is 6.07 Å². The monoisotopic (exact) mass is 218 g/mol. The van der Waals surface area contributed by atoms with Crippen LogP contribution in [-0.4, -0.2) is 4.98 Å². The molecule has 0 spiro atoms. The number of hydrogen-bond donors (Lipinski definition) is 1. The first kappa shape index (κ1) is 10.9. The molecule has 0 atom stereocenters. The van der Waals surface area contributed by atoms with Crippen molar-refractivity contribution in [3.8, 4) is 0 Å². The molecule has 2 rings (SSSR count). The van der Waals surface area contributed by atoms with Gasteiger partial charge in [0, 0.05) is 17.0 Å². The molecule has 2 N–H and O–H groups in total. The van der Waals surface area contributed by atoms with Gasteiger partial charge < -0.3 is 5.73 Å². The van der Waals surface area contributed by atoms with Crippen LogP contribution in [0.5, 0.6) is 0 Å². The molecule has 2 aromatic rings. The van der Waals surface area contributed by atoms with Crippen LogP contribution in [0, 0.1) is 5.82 Å². The third kappa shape index (κ3) is 1.85. The highest BCUT2D eigenvalue weighted by Crippen LogP contribution is 2.29. The van der Waals surface area contributed by atoms with Gasteiger partial charge in [0.05, 0.1) is 5.52 Å². The van der Waals surface area contributed by atoms with Gasteiger partial charge >= 0.3 is 0 Å². The standard InChI is InChI=1S/C13H15FN2/c1-13(2,3)10-6-8-4-5-9(14)7-11(8)16-12(10)15/h4-7H,1-3H3,(H2,15,16). The molecule has 0 aliphatic carbocycles. The van der Waals surface area contributed by atoms with E-state index in [-0.39, 0.29) is 11.2 Å². The smallest absolute Gasteiger partial charge is 0.127 e. The number of nitrogen functional groups attached to an aromatic ring is 1. The van der Waals surface area contributed by atoms with Gasteiger partial charge in [-0.25, -0.2) is 9.37 Å². The van der Waals surface area contributed by atoms with E-state index in [4.69, 9.17) is 5.73 Å². The van der Waals surface area contributed by atoms with Gasteiger partial charge in [0.25, 0.3) is 0 Å². The maximum absolute atomic E-state index is 13.0. The number of nitrogens with two attached hydrogens (primary N) is 1. The third-order valence-electron chi connectivity index (χ3n) is 2.62. The molecule has 0 saturated heterocycles. The molecule has 0 unspecified atom stereocenters. The molecule has 0 saturated carbocycles. The molecular formula is C13H15FN2. The summed E-state index contributed by atoms with van der Waals surface area (Å²) in [7, 11) is 0. The molecule has 0 radical (unpaired) electrons. The van der Waals surface area contributed by atoms with Gasteiger partial charge in [-0.05, 0) is 23.6 Å². The molecular weight excluding hydrogens is 203 g/mol. The highest BCUT2D eigenvalue weighted by molar-refractivity contribution is 5.81. The summed E-state index contributed by atoms with van der Waals surface area (Å²) in [4.78, 5) is 4.24. The van der Waals surface area contributed by atoms with Gasteiger partial charge in [-0.3, -0.25) is 0 Å². The minimum Gasteiger partial charge on any atom is -0.383 e. The predicted octanol–water partition coefficient (Wildman–Crippen LogP) is 3.25. The normalized spacial score (nSPS) is 12.0. The number of benzene rings is 1. The number of fused-ring (bicyclic) bond motifs is 1. The molecule has 84 valence electrons. The van der Waals surface area contributed by atoms with Crippen molar-refractivity contribution in [3.05, 3.63) is 35.6 Å². The molecule has 0 fully saturated rings. The second-order valence-corrected chi connectivity index (χ2v) is 5.01. The summed E-state index contributed by atoms with van der Waals surface area (Å²) in [6.07, 6.45) is 0.